The van der Waals surface area contributed by atoms with Crippen LogP contribution in [0.5, 0.6) is 0 Å². The van der Waals surface area contributed by atoms with Crippen molar-refractivity contribution in [1.29, 1.82) is 0 Å². The second kappa shape index (κ2) is 5.69. The zero-order valence-corrected chi connectivity index (χ0v) is 12.6. The van der Waals surface area contributed by atoms with Crippen molar-refractivity contribution in [2.45, 2.75) is 6.92 Å². The number of benzene rings is 1. The average Bonchev–Trinajstić information content (AvgIpc) is 2.51. The normalized spacial score (nSPS) is 16.2. The van der Waals surface area contributed by atoms with Gasteiger partial charge in [0.25, 0.3) is 0 Å². The minimum Gasteiger partial charge on any atom is -0.383 e. The van der Waals surface area contributed by atoms with Gasteiger partial charge in [-0.1, -0.05) is 30.3 Å². The molecule has 0 amide bonds. The van der Waals surface area contributed by atoms with Crippen molar-refractivity contribution in [2.24, 2.45) is 0 Å². The summed E-state index contributed by atoms with van der Waals surface area (Å²) in [6.45, 7) is 5.90. The molecule has 3 rings (SSSR count). The van der Waals surface area contributed by atoms with Crippen LogP contribution in [0.1, 0.15) is 5.56 Å². The largest absolute Gasteiger partial charge is 0.383 e. The van der Waals surface area contributed by atoms with Crippen LogP contribution in [0.25, 0.3) is 11.3 Å². The lowest BCUT2D eigenvalue weighted by atomic mass is 10.1. The Morgan fingerprint density at radius 2 is 1.67 bits per heavy atom. The van der Waals surface area contributed by atoms with Crippen molar-refractivity contribution in [2.75, 3.05) is 43.9 Å². The van der Waals surface area contributed by atoms with E-state index in [2.05, 4.69) is 34.0 Å². The second-order valence-electron chi connectivity index (χ2n) is 5.54. The standard InChI is InChI=1S/C16H21N5/c1-12-14(13-6-4-3-5-7-13)18-16(19-15(12)17)21-10-8-20(2)9-11-21/h3-7H,8-11H2,1-2H3,(H2,17,18,19). The number of rotatable bonds is 2. The predicted molar refractivity (Wildman–Crippen MR) is 86.3 cm³/mol. The van der Waals surface area contributed by atoms with E-state index in [0.717, 1.165) is 48.9 Å². The van der Waals surface area contributed by atoms with Crippen LogP contribution in [-0.4, -0.2) is 48.1 Å². The molecule has 2 N–H and O–H groups in total. The Balaban J connectivity index is 1.98. The number of aromatic nitrogens is 2. The molecule has 0 bridgehead atoms. The topological polar surface area (TPSA) is 58.3 Å². The zero-order chi connectivity index (χ0) is 14.8. The third-order valence-corrected chi connectivity index (χ3v) is 4.01. The van der Waals surface area contributed by atoms with Gasteiger partial charge in [0.15, 0.2) is 0 Å². The quantitative estimate of drug-likeness (QED) is 0.910. The maximum atomic E-state index is 6.10. The van der Waals surface area contributed by atoms with E-state index in [1.54, 1.807) is 0 Å². The maximum absolute atomic E-state index is 6.10. The first-order valence-electron chi connectivity index (χ1n) is 7.28. The van der Waals surface area contributed by atoms with E-state index in [0.29, 0.717) is 5.82 Å². The van der Waals surface area contributed by atoms with Gasteiger partial charge < -0.3 is 15.5 Å². The molecule has 1 aromatic carbocycles. The minimum absolute atomic E-state index is 0.567. The molecule has 0 saturated carbocycles. The van der Waals surface area contributed by atoms with E-state index >= 15 is 0 Å². The van der Waals surface area contributed by atoms with Crippen molar-refractivity contribution in [3.05, 3.63) is 35.9 Å². The van der Waals surface area contributed by atoms with E-state index in [-0.39, 0.29) is 0 Å². The van der Waals surface area contributed by atoms with Crippen LogP contribution in [0, 0.1) is 6.92 Å². The summed E-state index contributed by atoms with van der Waals surface area (Å²) in [4.78, 5) is 13.8. The molecule has 0 unspecified atom stereocenters. The van der Waals surface area contributed by atoms with Gasteiger partial charge in [0, 0.05) is 37.3 Å². The number of piperazine rings is 1. The van der Waals surface area contributed by atoms with Gasteiger partial charge in [0.05, 0.1) is 5.69 Å². The third kappa shape index (κ3) is 2.83. The van der Waals surface area contributed by atoms with Gasteiger partial charge >= 0.3 is 0 Å². The van der Waals surface area contributed by atoms with Crippen LogP contribution in [0.4, 0.5) is 11.8 Å². The molecule has 1 aliphatic rings. The number of hydrogen-bond donors (Lipinski definition) is 1. The highest BCUT2D eigenvalue weighted by Gasteiger charge is 2.19. The molecule has 2 heterocycles. The predicted octanol–water partition coefficient (Wildman–Crippen LogP) is 1.79. The zero-order valence-electron chi connectivity index (χ0n) is 12.6. The fourth-order valence-electron chi connectivity index (χ4n) is 2.55. The van der Waals surface area contributed by atoms with E-state index < -0.39 is 0 Å². The molecule has 0 radical (unpaired) electrons. The summed E-state index contributed by atoms with van der Waals surface area (Å²) < 4.78 is 0. The summed E-state index contributed by atoms with van der Waals surface area (Å²) in [5, 5.41) is 0. The van der Waals surface area contributed by atoms with Crippen molar-refractivity contribution in [3.8, 4) is 11.3 Å². The molecule has 1 aromatic heterocycles. The first kappa shape index (κ1) is 13.8. The van der Waals surface area contributed by atoms with E-state index in [4.69, 9.17) is 10.7 Å². The Morgan fingerprint density at radius 3 is 2.33 bits per heavy atom. The second-order valence-corrected chi connectivity index (χ2v) is 5.54. The number of hydrogen-bond acceptors (Lipinski definition) is 5. The van der Waals surface area contributed by atoms with Crippen LogP contribution >= 0.6 is 0 Å². The lowest BCUT2D eigenvalue weighted by Gasteiger charge is -2.32. The molecular formula is C16H21N5. The summed E-state index contributed by atoms with van der Waals surface area (Å²) in [6.07, 6.45) is 0. The van der Waals surface area contributed by atoms with Crippen LogP contribution in [0.2, 0.25) is 0 Å². The first-order valence-corrected chi connectivity index (χ1v) is 7.28. The van der Waals surface area contributed by atoms with Crippen molar-refractivity contribution >= 4 is 11.8 Å². The fraction of sp³-hybridized carbons (Fsp3) is 0.375. The molecule has 2 aromatic rings. The van der Waals surface area contributed by atoms with E-state index in [9.17, 15) is 0 Å². The Hall–Kier alpha value is -2.14. The molecule has 1 aliphatic heterocycles. The van der Waals surface area contributed by atoms with Gasteiger partial charge in [-0.05, 0) is 14.0 Å². The molecule has 21 heavy (non-hydrogen) atoms. The fourth-order valence-corrected chi connectivity index (χ4v) is 2.55. The molecule has 1 fully saturated rings. The van der Waals surface area contributed by atoms with E-state index in [1.807, 2.05) is 25.1 Å². The average molecular weight is 283 g/mol. The number of anilines is 2. The van der Waals surface area contributed by atoms with Gasteiger partial charge in [-0.3, -0.25) is 0 Å². The van der Waals surface area contributed by atoms with Gasteiger partial charge in [0.1, 0.15) is 5.82 Å². The molecule has 5 nitrogen and oxygen atoms in total. The van der Waals surface area contributed by atoms with Crippen LogP contribution in [0.15, 0.2) is 30.3 Å². The Labute approximate surface area is 125 Å². The van der Waals surface area contributed by atoms with Crippen LogP contribution in [0.3, 0.4) is 0 Å². The van der Waals surface area contributed by atoms with Gasteiger partial charge in [-0.15, -0.1) is 0 Å². The third-order valence-electron chi connectivity index (χ3n) is 4.01. The lowest BCUT2D eigenvalue weighted by molar-refractivity contribution is 0.311. The highest BCUT2D eigenvalue weighted by Crippen LogP contribution is 2.26. The minimum atomic E-state index is 0.567. The maximum Gasteiger partial charge on any atom is 0.227 e. The molecular weight excluding hydrogens is 262 g/mol. The van der Waals surface area contributed by atoms with Crippen molar-refractivity contribution < 1.29 is 0 Å². The van der Waals surface area contributed by atoms with Gasteiger partial charge in [-0.2, -0.15) is 4.98 Å². The monoisotopic (exact) mass is 283 g/mol. The summed E-state index contributed by atoms with van der Waals surface area (Å²) in [6, 6.07) is 10.2. The molecule has 5 heteroatoms. The van der Waals surface area contributed by atoms with Crippen LogP contribution < -0.4 is 10.6 Å². The number of likely N-dealkylation sites (N-methyl/N-ethyl adjacent to an activating group) is 1. The smallest absolute Gasteiger partial charge is 0.227 e. The summed E-state index contributed by atoms with van der Waals surface area (Å²) in [5.41, 5.74) is 9.06. The molecule has 0 spiro atoms. The molecule has 1 saturated heterocycles. The molecule has 0 atom stereocenters. The molecule has 0 aliphatic carbocycles. The van der Waals surface area contributed by atoms with Crippen LogP contribution in [-0.2, 0) is 0 Å². The van der Waals surface area contributed by atoms with Crippen molar-refractivity contribution in [3.63, 3.8) is 0 Å². The highest BCUT2D eigenvalue weighted by molar-refractivity contribution is 5.69. The molecule has 110 valence electrons. The summed E-state index contributed by atoms with van der Waals surface area (Å²) in [5.74, 6) is 1.31. The number of nitrogen functional groups attached to an aromatic ring is 1. The Kier molecular flexibility index (Phi) is 3.75. The van der Waals surface area contributed by atoms with Gasteiger partial charge in [0.2, 0.25) is 5.95 Å². The highest BCUT2D eigenvalue weighted by atomic mass is 15.3. The Morgan fingerprint density at radius 1 is 1.00 bits per heavy atom. The summed E-state index contributed by atoms with van der Waals surface area (Å²) >= 11 is 0. The Bertz CT molecular complexity index is 618. The SMILES string of the molecule is Cc1c(N)nc(N2CCN(C)CC2)nc1-c1ccccc1. The van der Waals surface area contributed by atoms with Gasteiger partial charge in [-0.25, -0.2) is 4.98 Å². The first-order chi connectivity index (χ1) is 10.1. The van der Waals surface area contributed by atoms with E-state index in [1.165, 1.54) is 0 Å². The number of nitrogens with zero attached hydrogens (tertiary/aromatic N) is 4. The number of nitrogens with two attached hydrogens (primary N) is 1. The summed E-state index contributed by atoms with van der Waals surface area (Å²) in [7, 11) is 2.14. The lowest BCUT2D eigenvalue weighted by Crippen LogP contribution is -2.45. The van der Waals surface area contributed by atoms with Crippen molar-refractivity contribution in [1.82, 2.24) is 14.9 Å².